The minimum absolute atomic E-state index is 0.00812. The fourth-order valence-corrected chi connectivity index (χ4v) is 4.78. The molecule has 4 aromatic rings. The molecule has 162 valence electrons. The number of carbonyl (C=O) groups excluding carboxylic acids is 1. The van der Waals surface area contributed by atoms with Crippen LogP contribution in [0, 0.1) is 12.7 Å². The van der Waals surface area contributed by atoms with Gasteiger partial charge in [0.15, 0.2) is 0 Å². The number of thiazole rings is 2. The number of carboxylic acid groups (broad SMARTS) is 1. The summed E-state index contributed by atoms with van der Waals surface area (Å²) in [6.07, 6.45) is 1.54. The van der Waals surface area contributed by atoms with E-state index in [-0.39, 0.29) is 18.0 Å². The Balaban J connectivity index is 1.54. The van der Waals surface area contributed by atoms with Crippen molar-refractivity contribution in [1.82, 2.24) is 20.3 Å². The molecule has 3 heterocycles. The molecule has 8 nitrogen and oxygen atoms in total. The first-order chi connectivity index (χ1) is 15.3. The zero-order valence-corrected chi connectivity index (χ0v) is 18.1. The summed E-state index contributed by atoms with van der Waals surface area (Å²) in [5.74, 6) is -3.06. The molecule has 0 aliphatic heterocycles. The standard InChI is InChI=1S/C21H15FN4O4S2/c1-10-18(32-17(25-10)8-24-19(28)14-4-2-3-5-23-14)15-9-31-20(26-15)11-7-16(27)12(21(29)30)6-13(11)22/h2-7,9,27H,8H2,1H3,(H,24,28)(H,29,30). The molecule has 0 aliphatic carbocycles. The second-order valence-corrected chi connectivity index (χ2v) is 8.55. The van der Waals surface area contributed by atoms with Gasteiger partial charge in [0, 0.05) is 17.1 Å². The van der Waals surface area contributed by atoms with Crippen molar-refractivity contribution in [2.24, 2.45) is 0 Å². The molecule has 0 saturated carbocycles. The molecule has 0 radical (unpaired) electrons. The van der Waals surface area contributed by atoms with E-state index in [2.05, 4.69) is 20.3 Å². The van der Waals surface area contributed by atoms with Crippen molar-refractivity contribution < 1.29 is 24.2 Å². The minimum Gasteiger partial charge on any atom is -0.507 e. The summed E-state index contributed by atoms with van der Waals surface area (Å²) < 4.78 is 14.4. The van der Waals surface area contributed by atoms with E-state index in [0.717, 1.165) is 28.3 Å². The van der Waals surface area contributed by atoms with Crippen LogP contribution in [-0.2, 0) is 6.54 Å². The maximum Gasteiger partial charge on any atom is 0.339 e. The number of aromatic carboxylic acids is 1. The lowest BCUT2D eigenvalue weighted by Crippen LogP contribution is -2.23. The number of aryl methyl sites for hydroxylation is 1. The fraction of sp³-hybridized carbons (Fsp3) is 0.0952. The average Bonchev–Trinajstić information content (AvgIpc) is 3.40. The normalized spacial score (nSPS) is 10.8. The summed E-state index contributed by atoms with van der Waals surface area (Å²) in [6.45, 7) is 2.03. The molecule has 3 N–H and O–H groups in total. The van der Waals surface area contributed by atoms with Crippen LogP contribution in [0.25, 0.3) is 21.1 Å². The number of carbonyl (C=O) groups is 2. The predicted molar refractivity (Wildman–Crippen MR) is 117 cm³/mol. The van der Waals surface area contributed by atoms with Crippen molar-refractivity contribution in [3.63, 3.8) is 0 Å². The van der Waals surface area contributed by atoms with Gasteiger partial charge in [-0.3, -0.25) is 9.78 Å². The van der Waals surface area contributed by atoms with Crippen LogP contribution in [-0.4, -0.2) is 37.0 Å². The van der Waals surface area contributed by atoms with Crippen molar-refractivity contribution in [3.05, 3.63) is 69.7 Å². The lowest BCUT2D eigenvalue weighted by molar-refractivity contribution is 0.0693. The molecule has 0 fully saturated rings. The van der Waals surface area contributed by atoms with Crippen LogP contribution in [0.15, 0.2) is 41.9 Å². The lowest BCUT2D eigenvalue weighted by atomic mass is 10.1. The Morgan fingerprint density at radius 1 is 1.22 bits per heavy atom. The van der Waals surface area contributed by atoms with E-state index in [9.17, 15) is 19.1 Å². The van der Waals surface area contributed by atoms with Gasteiger partial charge in [-0.05, 0) is 31.2 Å². The molecule has 3 aromatic heterocycles. The lowest BCUT2D eigenvalue weighted by Gasteiger charge is -2.04. The van der Waals surface area contributed by atoms with Gasteiger partial charge in [0.05, 0.1) is 22.8 Å². The third kappa shape index (κ3) is 4.34. The Morgan fingerprint density at radius 2 is 2.03 bits per heavy atom. The van der Waals surface area contributed by atoms with Crippen molar-refractivity contribution in [2.75, 3.05) is 0 Å². The molecule has 0 aliphatic rings. The van der Waals surface area contributed by atoms with Crippen molar-refractivity contribution >= 4 is 34.6 Å². The Hall–Kier alpha value is -3.70. The van der Waals surface area contributed by atoms with Gasteiger partial charge < -0.3 is 15.5 Å². The number of benzene rings is 1. The zero-order valence-electron chi connectivity index (χ0n) is 16.5. The maximum absolute atomic E-state index is 14.4. The second kappa shape index (κ2) is 8.81. The van der Waals surface area contributed by atoms with Crippen LogP contribution in [0.3, 0.4) is 0 Å². The summed E-state index contributed by atoms with van der Waals surface area (Å²) in [7, 11) is 0. The Labute approximate surface area is 189 Å². The van der Waals surface area contributed by atoms with Crippen LogP contribution in [0.5, 0.6) is 5.75 Å². The first kappa shape index (κ1) is 21.5. The summed E-state index contributed by atoms with van der Waals surface area (Å²) in [5, 5.41) is 24.4. The number of aromatic nitrogens is 3. The molecule has 4 rings (SSSR count). The summed E-state index contributed by atoms with van der Waals surface area (Å²) in [4.78, 5) is 36.9. The molecule has 0 saturated heterocycles. The van der Waals surface area contributed by atoms with Crippen LogP contribution < -0.4 is 5.32 Å². The number of rotatable bonds is 6. The van der Waals surface area contributed by atoms with Gasteiger partial charge >= 0.3 is 5.97 Å². The Bertz CT molecular complexity index is 1320. The van der Waals surface area contributed by atoms with Crippen LogP contribution >= 0.6 is 22.7 Å². The number of nitrogens with zero attached hydrogens (tertiary/aromatic N) is 3. The number of pyridine rings is 1. The number of carboxylic acids is 1. The van der Waals surface area contributed by atoms with Gasteiger partial charge in [0.25, 0.3) is 5.91 Å². The summed E-state index contributed by atoms with van der Waals surface area (Å²) in [6, 6.07) is 6.90. The molecule has 0 bridgehead atoms. The molecular weight excluding hydrogens is 455 g/mol. The van der Waals surface area contributed by atoms with Crippen molar-refractivity contribution in [2.45, 2.75) is 13.5 Å². The van der Waals surface area contributed by atoms with Crippen molar-refractivity contribution in [1.29, 1.82) is 0 Å². The number of aromatic hydroxyl groups is 1. The first-order valence-electron chi connectivity index (χ1n) is 9.21. The molecule has 1 amide bonds. The Kier molecular flexibility index (Phi) is 5.93. The predicted octanol–water partition coefficient (Wildman–Crippen LogP) is 4.11. The van der Waals surface area contributed by atoms with E-state index < -0.39 is 23.1 Å². The third-order valence-corrected chi connectivity index (χ3v) is 6.48. The highest BCUT2D eigenvalue weighted by atomic mass is 32.1. The SMILES string of the molecule is Cc1nc(CNC(=O)c2ccccn2)sc1-c1csc(-c2cc(O)c(C(=O)O)cc2F)n1. The van der Waals surface area contributed by atoms with Crippen LogP contribution in [0.2, 0.25) is 0 Å². The number of phenols is 1. The third-order valence-electron chi connectivity index (χ3n) is 4.42. The minimum atomic E-state index is -1.42. The number of amides is 1. The molecule has 0 spiro atoms. The molecule has 32 heavy (non-hydrogen) atoms. The fourth-order valence-electron chi connectivity index (χ4n) is 2.91. The highest BCUT2D eigenvalue weighted by molar-refractivity contribution is 7.16. The topological polar surface area (TPSA) is 125 Å². The van der Waals surface area contributed by atoms with E-state index in [4.69, 9.17) is 5.11 Å². The van der Waals surface area contributed by atoms with E-state index in [1.807, 2.05) is 6.92 Å². The maximum atomic E-state index is 14.4. The average molecular weight is 471 g/mol. The van der Waals surface area contributed by atoms with Gasteiger partial charge in [0.1, 0.15) is 32.8 Å². The number of nitrogens with one attached hydrogen (secondary N) is 1. The van der Waals surface area contributed by atoms with Gasteiger partial charge in [-0.15, -0.1) is 22.7 Å². The molecular formula is C21H15FN4O4S2. The van der Waals surface area contributed by atoms with Crippen LogP contribution in [0.4, 0.5) is 4.39 Å². The zero-order chi connectivity index (χ0) is 22.8. The highest BCUT2D eigenvalue weighted by Gasteiger charge is 2.19. The van der Waals surface area contributed by atoms with Gasteiger partial charge in [-0.2, -0.15) is 0 Å². The Morgan fingerprint density at radius 3 is 2.75 bits per heavy atom. The van der Waals surface area contributed by atoms with E-state index in [1.165, 1.54) is 17.5 Å². The van der Waals surface area contributed by atoms with Gasteiger partial charge in [0.2, 0.25) is 0 Å². The molecule has 0 unspecified atom stereocenters. The van der Waals surface area contributed by atoms with Crippen molar-refractivity contribution in [3.8, 4) is 26.9 Å². The van der Waals surface area contributed by atoms with E-state index >= 15 is 0 Å². The monoisotopic (exact) mass is 470 g/mol. The summed E-state index contributed by atoms with van der Waals surface area (Å²) >= 11 is 2.51. The van der Waals surface area contributed by atoms with Gasteiger partial charge in [-0.1, -0.05) is 6.07 Å². The molecule has 0 atom stereocenters. The largest absolute Gasteiger partial charge is 0.507 e. The van der Waals surface area contributed by atoms with E-state index in [1.54, 1.807) is 23.6 Å². The van der Waals surface area contributed by atoms with E-state index in [0.29, 0.717) is 27.1 Å². The first-order valence-corrected chi connectivity index (χ1v) is 10.9. The smallest absolute Gasteiger partial charge is 0.339 e. The summed E-state index contributed by atoms with van der Waals surface area (Å²) in [5.41, 5.74) is 1.08. The second-order valence-electron chi connectivity index (χ2n) is 6.61. The number of halogens is 1. The molecule has 11 heteroatoms. The van der Waals surface area contributed by atoms with Gasteiger partial charge in [-0.25, -0.2) is 19.2 Å². The molecule has 1 aromatic carbocycles. The highest BCUT2D eigenvalue weighted by Crippen LogP contribution is 2.36. The number of hydrogen-bond acceptors (Lipinski definition) is 8. The van der Waals surface area contributed by atoms with Crippen LogP contribution in [0.1, 0.15) is 31.5 Å². The number of hydrogen-bond donors (Lipinski definition) is 3. The quantitative estimate of drug-likeness (QED) is 0.387.